The molecule has 1 aromatic rings. The van der Waals surface area contributed by atoms with Crippen LogP contribution in [0.5, 0.6) is 0 Å². The number of aromatic nitrogens is 1. The van der Waals surface area contributed by atoms with Crippen LogP contribution in [-0.4, -0.2) is 11.7 Å². The van der Waals surface area contributed by atoms with Gasteiger partial charge in [0, 0.05) is 18.0 Å². The third-order valence-corrected chi connectivity index (χ3v) is 3.47. The maximum Gasteiger partial charge on any atom is 0.143 e. The number of hydrogen-bond acceptors (Lipinski definition) is 3. The summed E-state index contributed by atoms with van der Waals surface area (Å²) < 4.78 is 5.51. The topological polar surface area (TPSA) is 38.1 Å². The van der Waals surface area contributed by atoms with Gasteiger partial charge in [0.1, 0.15) is 11.5 Å². The van der Waals surface area contributed by atoms with Gasteiger partial charge in [-0.3, -0.25) is 0 Å². The summed E-state index contributed by atoms with van der Waals surface area (Å²) >= 11 is 0. The molecule has 2 aliphatic rings. The minimum Gasteiger partial charge on any atom is -0.360 e. The Kier molecular flexibility index (Phi) is 2.05. The van der Waals surface area contributed by atoms with Gasteiger partial charge >= 0.3 is 0 Å². The Morgan fingerprint density at radius 2 is 2.14 bits per heavy atom. The smallest absolute Gasteiger partial charge is 0.143 e. The second-order valence-electron chi connectivity index (χ2n) is 4.38. The third kappa shape index (κ3) is 1.27. The first-order valence-electron chi connectivity index (χ1n) is 5.63. The average molecular weight is 192 g/mol. The van der Waals surface area contributed by atoms with Crippen molar-refractivity contribution in [1.82, 2.24) is 10.5 Å². The zero-order valence-electron chi connectivity index (χ0n) is 8.38. The van der Waals surface area contributed by atoms with Crippen molar-refractivity contribution in [3.8, 4) is 0 Å². The molecule has 0 bridgehead atoms. The minimum absolute atomic E-state index is 0.671. The fourth-order valence-electron chi connectivity index (χ4n) is 2.69. The zero-order chi connectivity index (χ0) is 9.38. The lowest BCUT2D eigenvalue weighted by Crippen LogP contribution is -2.23. The Bertz CT molecular complexity index is 326. The Morgan fingerprint density at radius 1 is 1.29 bits per heavy atom. The van der Waals surface area contributed by atoms with Crippen LogP contribution in [0, 0.1) is 0 Å². The largest absolute Gasteiger partial charge is 0.360 e. The number of hydrogen-bond donors (Lipinski definition) is 1. The van der Waals surface area contributed by atoms with Gasteiger partial charge in [-0.15, -0.1) is 0 Å². The van der Waals surface area contributed by atoms with E-state index in [1.165, 1.54) is 37.0 Å². The molecule has 0 unspecified atom stereocenters. The zero-order valence-corrected chi connectivity index (χ0v) is 8.38. The highest BCUT2D eigenvalue weighted by Gasteiger charge is 2.27. The van der Waals surface area contributed by atoms with Gasteiger partial charge in [-0.25, -0.2) is 0 Å². The molecule has 14 heavy (non-hydrogen) atoms. The van der Waals surface area contributed by atoms with Gasteiger partial charge in [-0.2, -0.15) is 0 Å². The quantitative estimate of drug-likeness (QED) is 0.739. The fraction of sp³-hybridized carbons (Fsp3) is 0.727. The van der Waals surface area contributed by atoms with E-state index in [0.717, 1.165) is 25.2 Å². The molecule has 0 radical (unpaired) electrons. The van der Waals surface area contributed by atoms with E-state index in [9.17, 15) is 0 Å². The fourth-order valence-corrected chi connectivity index (χ4v) is 2.69. The summed E-state index contributed by atoms with van der Waals surface area (Å²) in [5, 5.41) is 7.49. The van der Waals surface area contributed by atoms with E-state index in [-0.39, 0.29) is 0 Å². The van der Waals surface area contributed by atoms with Crippen molar-refractivity contribution >= 4 is 0 Å². The molecule has 0 aromatic carbocycles. The van der Waals surface area contributed by atoms with Crippen LogP contribution in [0.15, 0.2) is 4.52 Å². The van der Waals surface area contributed by atoms with Gasteiger partial charge in [0.15, 0.2) is 0 Å². The molecule has 1 aliphatic carbocycles. The van der Waals surface area contributed by atoms with Gasteiger partial charge in [0.2, 0.25) is 0 Å². The number of nitrogens with zero attached hydrogens (tertiary/aromatic N) is 1. The normalized spacial score (nSPS) is 22.6. The summed E-state index contributed by atoms with van der Waals surface area (Å²) in [6.45, 7) is 1.97. The SMILES string of the molecule is C1CCC(c2onc3c2CCNC3)C1. The van der Waals surface area contributed by atoms with Gasteiger partial charge < -0.3 is 9.84 Å². The average Bonchev–Trinajstić information content (AvgIpc) is 2.85. The van der Waals surface area contributed by atoms with Crippen LogP contribution in [0.2, 0.25) is 0 Å². The Labute approximate surface area is 83.9 Å². The van der Waals surface area contributed by atoms with Crippen molar-refractivity contribution in [3.63, 3.8) is 0 Å². The van der Waals surface area contributed by atoms with E-state index in [0.29, 0.717) is 5.92 Å². The monoisotopic (exact) mass is 192 g/mol. The number of nitrogens with one attached hydrogen (secondary N) is 1. The molecule has 2 heterocycles. The van der Waals surface area contributed by atoms with E-state index in [1.54, 1.807) is 0 Å². The predicted molar refractivity (Wildman–Crippen MR) is 53.1 cm³/mol. The molecule has 3 rings (SSSR count). The molecule has 1 fully saturated rings. The molecule has 3 nitrogen and oxygen atoms in total. The van der Waals surface area contributed by atoms with Crippen molar-refractivity contribution in [3.05, 3.63) is 17.0 Å². The second-order valence-corrected chi connectivity index (χ2v) is 4.38. The summed E-state index contributed by atoms with van der Waals surface area (Å²) in [6.07, 6.45) is 6.42. The van der Waals surface area contributed by atoms with Crippen molar-refractivity contribution in [1.29, 1.82) is 0 Å². The van der Waals surface area contributed by atoms with Crippen LogP contribution < -0.4 is 5.32 Å². The highest BCUT2D eigenvalue weighted by atomic mass is 16.5. The molecule has 3 heteroatoms. The van der Waals surface area contributed by atoms with Crippen LogP contribution >= 0.6 is 0 Å². The van der Waals surface area contributed by atoms with E-state index < -0.39 is 0 Å². The molecule has 0 spiro atoms. The van der Waals surface area contributed by atoms with E-state index in [4.69, 9.17) is 4.52 Å². The van der Waals surface area contributed by atoms with Gasteiger partial charge in [-0.05, 0) is 25.8 Å². The maximum atomic E-state index is 5.51. The van der Waals surface area contributed by atoms with Crippen molar-refractivity contribution in [2.75, 3.05) is 6.54 Å². The van der Waals surface area contributed by atoms with Crippen LogP contribution in [0.3, 0.4) is 0 Å². The third-order valence-electron chi connectivity index (χ3n) is 3.47. The Balaban J connectivity index is 1.93. The first kappa shape index (κ1) is 8.48. The van der Waals surface area contributed by atoms with Crippen molar-refractivity contribution in [2.24, 2.45) is 0 Å². The molecule has 1 aliphatic heterocycles. The van der Waals surface area contributed by atoms with Crippen LogP contribution in [0.1, 0.15) is 48.6 Å². The molecule has 1 N–H and O–H groups in total. The lowest BCUT2D eigenvalue weighted by atomic mass is 9.96. The summed E-state index contributed by atoms with van der Waals surface area (Å²) in [6, 6.07) is 0. The molecule has 1 saturated carbocycles. The van der Waals surface area contributed by atoms with E-state index in [1.807, 2.05) is 0 Å². The highest BCUT2D eigenvalue weighted by molar-refractivity contribution is 5.28. The molecule has 0 atom stereocenters. The Hall–Kier alpha value is -0.830. The molecule has 76 valence electrons. The second kappa shape index (κ2) is 3.39. The van der Waals surface area contributed by atoms with Crippen LogP contribution in [-0.2, 0) is 13.0 Å². The molecule has 0 saturated heterocycles. The highest BCUT2D eigenvalue weighted by Crippen LogP contribution is 2.37. The van der Waals surface area contributed by atoms with E-state index in [2.05, 4.69) is 10.5 Å². The summed E-state index contributed by atoms with van der Waals surface area (Å²) in [7, 11) is 0. The van der Waals surface area contributed by atoms with Crippen LogP contribution in [0.4, 0.5) is 0 Å². The maximum absolute atomic E-state index is 5.51. The number of fused-ring (bicyclic) bond motifs is 1. The van der Waals surface area contributed by atoms with Crippen molar-refractivity contribution < 1.29 is 4.52 Å². The van der Waals surface area contributed by atoms with Gasteiger partial charge in [-0.1, -0.05) is 18.0 Å². The Morgan fingerprint density at radius 3 is 3.00 bits per heavy atom. The molecular formula is C11H16N2O. The lowest BCUT2D eigenvalue weighted by Gasteiger charge is -2.13. The van der Waals surface area contributed by atoms with E-state index >= 15 is 0 Å². The van der Waals surface area contributed by atoms with Crippen molar-refractivity contribution in [2.45, 2.75) is 44.6 Å². The summed E-state index contributed by atoms with van der Waals surface area (Å²) in [5.41, 5.74) is 2.56. The van der Waals surface area contributed by atoms with Crippen LogP contribution in [0.25, 0.3) is 0 Å². The minimum atomic E-state index is 0.671. The number of rotatable bonds is 1. The molecule has 1 aromatic heterocycles. The van der Waals surface area contributed by atoms with Gasteiger partial charge in [0.05, 0.1) is 0 Å². The first-order valence-corrected chi connectivity index (χ1v) is 5.63. The summed E-state index contributed by atoms with van der Waals surface area (Å²) in [5.74, 6) is 1.88. The first-order chi connectivity index (χ1) is 6.95. The predicted octanol–water partition coefficient (Wildman–Crippen LogP) is 1.98. The standard InChI is InChI=1S/C11H16N2O/c1-2-4-8(3-1)11-9-5-6-12-7-10(9)13-14-11/h8,12H,1-7H2. The lowest BCUT2D eigenvalue weighted by molar-refractivity contribution is 0.355. The molecule has 0 amide bonds. The molecular weight excluding hydrogens is 176 g/mol. The van der Waals surface area contributed by atoms with Gasteiger partial charge in [0.25, 0.3) is 0 Å². The summed E-state index contributed by atoms with van der Waals surface area (Å²) in [4.78, 5) is 0.